The minimum Gasteiger partial charge on any atom is -0.328 e. The van der Waals surface area contributed by atoms with Gasteiger partial charge in [0, 0.05) is 0 Å². The Morgan fingerprint density at radius 3 is 2.05 bits per heavy atom. The average Bonchev–Trinajstić information content (AvgIpc) is 2.75. The lowest BCUT2D eigenvalue weighted by molar-refractivity contribution is -0.178. The molecular weight excluding hydrogens is 272 g/mol. The molecule has 1 aromatic rings. The molecule has 108 valence electrons. The number of hydroxylamine groups is 2. The Hall–Kier alpha value is -2.68. The van der Waals surface area contributed by atoms with Gasteiger partial charge < -0.3 is 4.84 Å². The summed E-state index contributed by atoms with van der Waals surface area (Å²) in [7, 11) is 0. The van der Waals surface area contributed by atoms with Gasteiger partial charge in [-0.05, 0) is 25.0 Å². The standard InChI is InChI=1S/C15H14N2O4/c1-3-15(4-2,9-16)14(20)21-17-12(18)10-7-5-6-8-11(10)13(17)19/h5-8H,3-4H2,1-2H3. The number of amides is 2. The quantitative estimate of drug-likeness (QED) is 0.791. The normalized spacial score (nSPS) is 13.9. The fourth-order valence-corrected chi connectivity index (χ4v) is 2.16. The number of rotatable bonds is 4. The smallest absolute Gasteiger partial charge is 0.328 e. The molecule has 1 aliphatic heterocycles. The zero-order valence-electron chi connectivity index (χ0n) is 11.8. The molecule has 0 radical (unpaired) electrons. The zero-order valence-corrected chi connectivity index (χ0v) is 11.8. The van der Waals surface area contributed by atoms with Crippen molar-refractivity contribution in [2.24, 2.45) is 5.41 Å². The highest BCUT2D eigenvalue weighted by atomic mass is 16.7. The Morgan fingerprint density at radius 1 is 1.19 bits per heavy atom. The zero-order chi connectivity index (χ0) is 15.6. The van der Waals surface area contributed by atoms with Gasteiger partial charge in [0.2, 0.25) is 0 Å². The lowest BCUT2D eigenvalue weighted by Gasteiger charge is -2.23. The number of hydrogen-bond donors (Lipinski definition) is 0. The van der Waals surface area contributed by atoms with Gasteiger partial charge in [-0.1, -0.05) is 31.0 Å². The highest BCUT2D eigenvalue weighted by Crippen LogP contribution is 2.30. The molecule has 0 fully saturated rings. The number of carbonyl (C=O) groups is 3. The van der Waals surface area contributed by atoms with Crippen LogP contribution in [0.1, 0.15) is 47.4 Å². The summed E-state index contributed by atoms with van der Waals surface area (Å²) in [5.74, 6) is -2.27. The molecule has 6 heteroatoms. The second kappa shape index (κ2) is 5.37. The van der Waals surface area contributed by atoms with E-state index in [4.69, 9.17) is 4.84 Å². The van der Waals surface area contributed by atoms with Crippen LogP contribution in [0.25, 0.3) is 0 Å². The van der Waals surface area contributed by atoms with Gasteiger partial charge >= 0.3 is 5.97 Å². The molecule has 1 heterocycles. The third-order valence-electron chi connectivity index (χ3n) is 3.74. The minimum absolute atomic E-state index is 0.186. The van der Waals surface area contributed by atoms with E-state index in [0.717, 1.165) is 0 Å². The fourth-order valence-electron chi connectivity index (χ4n) is 2.16. The number of nitriles is 1. The third kappa shape index (κ3) is 2.17. The molecule has 0 bridgehead atoms. The second-order valence-corrected chi connectivity index (χ2v) is 4.73. The summed E-state index contributed by atoms with van der Waals surface area (Å²) in [6.07, 6.45) is 0.476. The Labute approximate surface area is 121 Å². The van der Waals surface area contributed by atoms with Gasteiger partial charge in [-0.15, -0.1) is 0 Å². The van der Waals surface area contributed by atoms with Crippen molar-refractivity contribution in [2.45, 2.75) is 26.7 Å². The van der Waals surface area contributed by atoms with Crippen LogP contribution in [0.15, 0.2) is 24.3 Å². The minimum atomic E-state index is -1.35. The third-order valence-corrected chi connectivity index (χ3v) is 3.74. The molecule has 1 aromatic carbocycles. The fraction of sp³-hybridized carbons (Fsp3) is 0.333. The molecule has 0 saturated carbocycles. The van der Waals surface area contributed by atoms with Crippen molar-refractivity contribution in [3.8, 4) is 6.07 Å². The Kier molecular flexibility index (Phi) is 3.76. The van der Waals surface area contributed by atoms with Crippen LogP contribution in [0, 0.1) is 16.7 Å². The van der Waals surface area contributed by atoms with Crippen molar-refractivity contribution in [3.05, 3.63) is 35.4 Å². The maximum Gasteiger partial charge on any atom is 0.353 e. The van der Waals surface area contributed by atoms with Crippen molar-refractivity contribution < 1.29 is 19.2 Å². The number of carbonyl (C=O) groups excluding carboxylic acids is 3. The van der Waals surface area contributed by atoms with Crippen LogP contribution in [-0.4, -0.2) is 22.8 Å². The summed E-state index contributed by atoms with van der Waals surface area (Å²) >= 11 is 0. The van der Waals surface area contributed by atoms with Crippen molar-refractivity contribution >= 4 is 17.8 Å². The van der Waals surface area contributed by atoms with Crippen LogP contribution < -0.4 is 0 Å². The highest BCUT2D eigenvalue weighted by molar-refractivity contribution is 6.20. The molecule has 0 saturated heterocycles. The Morgan fingerprint density at radius 2 is 1.67 bits per heavy atom. The summed E-state index contributed by atoms with van der Waals surface area (Å²) in [5.41, 5.74) is -0.980. The van der Waals surface area contributed by atoms with Gasteiger partial charge in [0.25, 0.3) is 11.8 Å². The van der Waals surface area contributed by atoms with Gasteiger partial charge in [-0.3, -0.25) is 9.59 Å². The molecule has 0 unspecified atom stereocenters. The van der Waals surface area contributed by atoms with Crippen LogP contribution in [0.3, 0.4) is 0 Å². The van der Waals surface area contributed by atoms with E-state index in [2.05, 4.69) is 0 Å². The largest absolute Gasteiger partial charge is 0.353 e. The number of nitrogens with zero attached hydrogens (tertiary/aromatic N) is 2. The molecule has 2 rings (SSSR count). The predicted molar refractivity (Wildman–Crippen MR) is 71.7 cm³/mol. The SMILES string of the molecule is CCC(C#N)(CC)C(=O)ON1C(=O)c2ccccc2C1=O. The molecule has 0 atom stereocenters. The number of imide groups is 1. The van der Waals surface area contributed by atoms with Crippen molar-refractivity contribution in [1.82, 2.24) is 5.06 Å². The van der Waals surface area contributed by atoms with Crippen LogP contribution in [0.4, 0.5) is 0 Å². The van der Waals surface area contributed by atoms with E-state index in [1.54, 1.807) is 26.0 Å². The van der Waals surface area contributed by atoms with E-state index in [0.29, 0.717) is 5.06 Å². The molecule has 1 aliphatic rings. The summed E-state index contributed by atoms with van der Waals surface area (Å²) in [5, 5.41) is 9.62. The van der Waals surface area contributed by atoms with Crippen LogP contribution >= 0.6 is 0 Å². The highest BCUT2D eigenvalue weighted by Gasteiger charge is 2.44. The summed E-state index contributed by atoms with van der Waals surface area (Å²) in [6.45, 7) is 3.35. The molecule has 2 amide bonds. The van der Waals surface area contributed by atoms with Crippen LogP contribution in [0.2, 0.25) is 0 Å². The predicted octanol–water partition coefficient (Wildman–Crippen LogP) is 2.07. The lowest BCUT2D eigenvalue weighted by atomic mass is 9.84. The number of fused-ring (bicyclic) bond motifs is 1. The van der Waals surface area contributed by atoms with E-state index < -0.39 is 23.2 Å². The second-order valence-electron chi connectivity index (χ2n) is 4.73. The Balaban J connectivity index is 2.27. The van der Waals surface area contributed by atoms with Crippen molar-refractivity contribution in [3.63, 3.8) is 0 Å². The molecule has 0 spiro atoms. The first-order chi connectivity index (χ1) is 10.0. The lowest BCUT2D eigenvalue weighted by Crippen LogP contribution is -2.39. The molecule has 6 nitrogen and oxygen atoms in total. The first-order valence-electron chi connectivity index (χ1n) is 6.62. The van der Waals surface area contributed by atoms with Gasteiger partial charge in [-0.2, -0.15) is 5.26 Å². The van der Waals surface area contributed by atoms with E-state index in [9.17, 15) is 19.6 Å². The van der Waals surface area contributed by atoms with Gasteiger partial charge in [-0.25, -0.2) is 4.79 Å². The van der Waals surface area contributed by atoms with Gasteiger partial charge in [0.15, 0.2) is 5.41 Å². The number of hydrogen-bond acceptors (Lipinski definition) is 5. The topological polar surface area (TPSA) is 87.5 Å². The Bertz CT molecular complexity index is 621. The molecule has 0 N–H and O–H groups in total. The maximum atomic E-state index is 12.2. The van der Waals surface area contributed by atoms with Crippen LogP contribution in [0.5, 0.6) is 0 Å². The number of benzene rings is 1. The molecule has 0 aromatic heterocycles. The molecule has 21 heavy (non-hydrogen) atoms. The van der Waals surface area contributed by atoms with E-state index >= 15 is 0 Å². The van der Waals surface area contributed by atoms with Crippen LogP contribution in [-0.2, 0) is 9.63 Å². The van der Waals surface area contributed by atoms with E-state index in [1.165, 1.54) is 12.1 Å². The summed E-state index contributed by atoms with van der Waals surface area (Å²) in [6, 6.07) is 8.13. The first kappa shape index (κ1) is 14.7. The van der Waals surface area contributed by atoms with Crippen molar-refractivity contribution in [1.29, 1.82) is 5.26 Å². The van der Waals surface area contributed by atoms with E-state index in [-0.39, 0.29) is 24.0 Å². The van der Waals surface area contributed by atoms with Gasteiger partial charge in [0.05, 0.1) is 17.2 Å². The monoisotopic (exact) mass is 286 g/mol. The molecular formula is C15H14N2O4. The first-order valence-corrected chi connectivity index (χ1v) is 6.62. The maximum absolute atomic E-state index is 12.2. The van der Waals surface area contributed by atoms with Crippen molar-refractivity contribution in [2.75, 3.05) is 0 Å². The average molecular weight is 286 g/mol. The summed E-state index contributed by atoms with van der Waals surface area (Å²) < 4.78 is 0. The van der Waals surface area contributed by atoms with E-state index in [1.807, 2.05) is 6.07 Å². The summed E-state index contributed by atoms with van der Waals surface area (Å²) in [4.78, 5) is 41.3. The van der Waals surface area contributed by atoms with Gasteiger partial charge in [0.1, 0.15) is 0 Å². The molecule has 0 aliphatic carbocycles.